The predicted molar refractivity (Wildman–Crippen MR) is 177 cm³/mol. The van der Waals surface area contributed by atoms with Gasteiger partial charge in [0.25, 0.3) is 5.56 Å². The Morgan fingerprint density at radius 1 is 1.00 bits per heavy atom. The first-order valence-corrected chi connectivity index (χ1v) is 18.3. The number of aryl methyl sites for hydroxylation is 1. The number of rotatable bonds is 10. The Labute approximate surface area is 258 Å². The van der Waals surface area contributed by atoms with E-state index in [2.05, 4.69) is 39.9 Å². The zero-order valence-electron chi connectivity index (χ0n) is 26.4. The molecule has 0 bridgehead atoms. The summed E-state index contributed by atoms with van der Waals surface area (Å²) in [6, 6.07) is 19.2. The van der Waals surface area contributed by atoms with Gasteiger partial charge >= 0.3 is 5.69 Å². The van der Waals surface area contributed by atoms with E-state index in [0.717, 1.165) is 32.6 Å². The molecular formula is C34H41N3O4SSi. The fourth-order valence-electron chi connectivity index (χ4n) is 4.52. The largest absolute Gasteiger partial charge is 0.416 e. The number of carbonyl (C=O) groups excluding carboxylic acids is 1. The SMILES string of the molecule is CCc1cc2c(=O)n(CC(=O)C(C)(C)CO[Si](C)(C)C(C)(C)C)c(=O)n(Cc3ccc(-c4ccccc4C#N)cc3)c2s1. The molecule has 0 spiro atoms. The fraction of sp³-hybridized carbons (Fsp3) is 0.412. The first kappa shape index (κ1) is 32.3. The van der Waals surface area contributed by atoms with E-state index in [1.165, 1.54) is 11.3 Å². The first-order valence-electron chi connectivity index (χ1n) is 14.6. The summed E-state index contributed by atoms with van der Waals surface area (Å²) in [4.78, 5) is 42.7. The third-order valence-corrected chi connectivity index (χ3v) is 14.4. The van der Waals surface area contributed by atoms with Gasteiger partial charge in [0.15, 0.2) is 14.1 Å². The molecule has 0 aliphatic heterocycles. The Kier molecular flexibility index (Phi) is 9.17. The number of nitriles is 1. The highest BCUT2D eigenvalue weighted by Gasteiger charge is 2.40. The minimum Gasteiger partial charge on any atom is -0.416 e. The van der Waals surface area contributed by atoms with Crippen molar-refractivity contribution in [2.45, 2.75) is 79.2 Å². The van der Waals surface area contributed by atoms with Gasteiger partial charge in [-0.15, -0.1) is 11.3 Å². The van der Waals surface area contributed by atoms with E-state index in [1.807, 2.05) is 69.3 Å². The summed E-state index contributed by atoms with van der Waals surface area (Å²) in [5.41, 5.74) is 1.39. The van der Waals surface area contributed by atoms with Crippen LogP contribution in [0.15, 0.2) is 64.2 Å². The second-order valence-electron chi connectivity index (χ2n) is 13.3. The van der Waals surface area contributed by atoms with Gasteiger partial charge < -0.3 is 4.43 Å². The highest BCUT2D eigenvalue weighted by Crippen LogP contribution is 2.37. The molecule has 0 radical (unpaired) electrons. The van der Waals surface area contributed by atoms with Crippen LogP contribution in [0.5, 0.6) is 0 Å². The Balaban J connectivity index is 1.69. The lowest BCUT2D eigenvalue weighted by Crippen LogP contribution is -2.47. The van der Waals surface area contributed by atoms with Crippen LogP contribution in [0.4, 0.5) is 0 Å². The van der Waals surface area contributed by atoms with Crippen LogP contribution in [0.1, 0.15) is 57.5 Å². The molecule has 0 aliphatic rings. The van der Waals surface area contributed by atoms with Crippen molar-refractivity contribution in [3.63, 3.8) is 0 Å². The van der Waals surface area contributed by atoms with Gasteiger partial charge in [-0.25, -0.2) is 4.79 Å². The number of Topliss-reactive ketones (excluding diaryl/α,β-unsaturated/α-hetero) is 1. The summed E-state index contributed by atoms with van der Waals surface area (Å²) in [6.07, 6.45) is 0.733. The standard InChI is InChI=1S/C34H41N3O4SSi/c1-9-26-18-28-30(39)36(21-29(38)34(5,6)22-41-43(7,8)33(2,3)4)32(40)37(31(28)42-26)20-23-14-16-24(17-15-23)27-13-11-10-12-25(27)19-35/h10-18H,9,20-22H2,1-8H3. The van der Waals surface area contributed by atoms with E-state index >= 15 is 0 Å². The van der Waals surface area contributed by atoms with E-state index in [0.29, 0.717) is 15.8 Å². The highest BCUT2D eigenvalue weighted by molar-refractivity contribution is 7.18. The first-order chi connectivity index (χ1) is 20.1. The van der Waals surface area contributed by atoms with Crippen molar-refractivity contribution in [2.24, 2.45) is 5.41 Å². The third kappa shape index (κ3) is 6.67. The molecular weight excluding hydrogens is 575 g/mol. The minimum atomic E-state index is -2.10. The highest BCUT2D eigenvalue weighted by atomic mass is 32.1. The maximum Gasteiger partial charge on any atom is 0.332 e. The molecule has 0 N–H and O–H groups in total. The summed E-state index contributed by atoms with van der Waals surface area (Å²) in [7, 11) is -2.10. The van der Waals surface area contributed by atoms with Crippen LogP contribution in [0.2, 0.25) is 18.1 Å². The van der Waals surface area contributed by atoms with Crippen LogP contribution < -0.4 is 11.2 Å². The number of carbonyl (C=O) groups is 1. The molecule has 2 aromatic carbocycles. The lowest BCUT2D eigenvalue weighted by molar-refractivity contribution is -0.129. The molecule has 4 aromatic rings. The van der Waals surface area contributed by atoms with E-state index < -0.39 is 25.0 Å². The lowest BCUT2D eigenvalue weighted by atomic mass is 9.89. The molecule has 0 aliphatic carbocycles. The Bertz CT molecular complexity index is 1820. The molecule has 4 rings (SSSR count). The number of hydrogen-bond donors (Lipinski definition) is 0. The van der Waals surface area contributed by atoms with Gasteiger partial charge in [-0.2, -0.15) is 5.26 Å². The second kappa shape index (κ2) is 12.2. The minimum absolute atomic E-state index is 0.00489. The van der Waals surface area contributed by atoms with Crippen molar-refractivity contribution >= 4 is 35.7 Å². The van der Waals surface area contributed by atoms with Crippen LogP contribution >= 0.6 is 11.3 Å². The van der Waals surface area contributed by atoms with Gasteiger partial charge in [0.1, 0.15) is 4.83 Å². The summed E-state index contributed by atoms with van der Waals surface area (Å²) < 4.78 is 9.04. The molecule has 0 amide bonds. The van der Waals surface area contributed by atoms with Gasteiger partial charge in [0.05, 0.1) is 30.1 Å². The van der Waals surface area contributed by atoms with Crippen LogP contribution in [0.3, 0.4) is 0 Å². The van der Waals surface area contributed by atoms with Crippen molar-refractivity contribution in [3.8, 4) is 17.2 Å². The normalized spacial score (nSPS) is 12.4. The number of nitrogens with zero attached hydrogens (tertiary/aromatic N) is 3. The number of benzene rings is 2. The van der Waals surface area contributed by atoms with Gasteiger partial charge in [0, 0.05) is 16.9 Å². The maximum absolute atomic E-state index is 13.9. The zero-order valence-corrected chi connectivity index (χ0v) is 28.2. The number of aromatic nitrogens is 2. The number of fused-ring (bicyclic) bond motifs is 1. The monoisotopic (exact) mass is 615 g/mol. The third-order valence-electron chi connectivity index (χ3n) is 8.60. The number of ketones is 1. The van der Waals surface area contributed by atoms with Gasteiger partial charge in [-0.1, -0.05) is 84.0 Å². The summed E-state index contributed by atoms with van der Waals surface area (Å²) in [6.45, 7) is 16.5. The van der Waals surface area contributed by atoms with E-state index in [-0.39, 0.29) is 30.5 Å². The smallest absolute Gasteiger partial charge is 0.332 e. The maximum atomic E-state index is 13.9. The van der Waals surface area contributed by atoms with Crippen LogP contribution in [0, 0.1) is 16.7 Å². The lowest BCUT2D eigenvalue weighted by Gasteiger charge is -2.38. The van der Waals surface area contributed by atoms with E-state index in [1.54, 1.807) is 10.6 Å². The molecule has 0 saturated heterocycles. The quantitative estimate of drug-likeness (QED) is 0.179. The number of hydrogen-bond acceptors (Lipinski definition) is 6. The van der Waals surface area contributed by atoms with Crippen LogP contribution in [0.25, 0.3) is 21.3 Å². The average Bonchev–Trinajstić information content (AvgIpc) is 3.41. The molecule has 9 heteroatoms. The Hall–Kier alpha value is -3.58. The van der Waals surface area contributed by atoms with Crippen LogP contribution in [-0.2, 0) is 28.7 Å². The van der Waals surface area contributed by atoms with E-state index in [4.69, 9.17) is 4.43 Å². The Morgan fingerprint density at radius 2 is 1.65 bits per heavy atom. The summed E-state index contributed by atoms with van der Waals surface area (Å²) in [5.74, 6) is -0.220. The van der Waals surface area contributed by atoms with Crippen LogP contribution in [-0.4, -0.2) is 29.8 Å². The number of thiophene rings is 1. The van der Waals surface area contributed by atoms with Gasteiger partial charge in [-0.05, 0) is 53.4 Å². The molecule has 0 fully saturated rings. The summed E-state index contributed by atoms with van der Waals surface area (Å²) >= 11 is 1.44. The second-order valence-corrected chi connectivity index (χ2v) is 19.2. The molecule has 226 valence electrons. The zero-order chi connectivity index (χ0) is 31.7. The summed E-state index contributed by atoms with van der Waals surface area (Å²) in [5, 5.41) is 9.94. The molecule has 0 atom stereocenters. The van der Waals surface area contributed by atoms with Crippen molar-refractivity contribution in [1.82, 2.24) is 9.13 Å². The topological polar surface area (TPSA) is 94.1 Å². The molecule has 43 heavy (non-hydrogen) atoms. The molecule has 7 nitrogen and oxygen atoms in total. The predicted octanol–water partition coefficient (Wildman–Crippen LogP) is 6.99. The van der Waals surface area contributed by atoms with Crippen molar-refractivity contribution < 1.29 is 9.22 Å². The molecule has 2 heterocycles. The molecule has 0 unspecified atom stereocenters. The van der Waals surface area contributed by atoms with Crippen molar-refractivity contribution in [3.05, 3.63) is 91.4 Å². The average molecular weight is 616 g/mol. The molecule has 0 saturated carbocycles. The van der Waals surface area contributed by atoms with Crippen molar-refractivity contribution in [1.29, 1.82) is 5.26 Å². The Morgan fingerprint density at radius 3 is 2.26 bits per heavy atom. The fourth-order valence-corrected chi connectivity index (χ4v) is 6.76. The van der Waals surface area contributed by atoms with Gasteiger partial charge in [-0.3, -0.25) is 18.7 Å². The molecule has 2 aromatic heterocycles. The van der Waals surface area contributed by atoms with Crippen molar-refractivity contribution in [2.75, 3.05) is 6.61 Å². The van der Waals surface area contributed by atoms with Gasteiger partial charge in [0.2, 0.25) is 0 Å². The van der Waals surface area contributed by atoms with E-state index in [9.17, 15) is 19.6 Å².